The number of benzene rings is 4. The van der Waals surface area contributed by atoms with E-state index in [-0.39, 0.29) is 6.42 Å². The number of rotatable bonds is 12. The average molecular weight is 733 g/mol. The van der Waals surface area contributed by atoms with Crippen LogP contribution in [0.4, 0.5) is 46.3 Å². The Morgan fingerprint density at radius 3 is 1.46 bits per heavy atom. The van der Waals surface area contributed by atoms with Crippen molar-refractivity contribution < 1.29 is 0 Å². The van der Waals surface area contributed by atoms with Crippen molar-refractivity contribution in [2.45, 2.75) is 40.0 Å². The maximum atomic E-state index is 10.4. The summed E-state index contributed by atoms with van der Waals surface area (Å²) in [7, 11) is 0. The molecule has 0 amide bonds. The smallest absolute Gasteiger partial charge is 0.229 e. The molecule has 6 aromatic rings. The van der Waals surface area contributed by atoms with Gasteiger partial charge in [0, 0.05) is 53.1 Å². The van der Waals surface area contributed by atoms with Crippen LogP contribution >= 0.6 is 0 Å². The molecule has 0 spiro atoms. The van der Waals surface area contributed by atoms with Crippen LogP contribution in [0.2, 0.25) is 0 Å². The minimum absolute atomic E-state index is 0.130. The summed E-state index contributed by atoms with van der Waals surface area (Å²) in [5, 5.41) is 51.6. The molecule has 4 aromatic carbocycles. The highest BCUT2D eigenvalue weighted by Gasteiger charge is 2.20. The molecule has 6 rings (SSSR count). The molecule has 0 saturated heterocycles. The first-order valence-electron chi connectivity index (χ1n) is 17.6. The topological polar surface area (TPSA) is 195 Å². The summed E-state index contributed by atoms with van der Waals surface area (Å²) in [6.07, 6.45) is 5.30. The van der Waals surface area contributed by atoms with Gasteiger partial charge in [-0.05, 0) is 140 Å². The van der Waals surface area contributed by atoms with Crippen LogP contribution in [-0.2, 0) is 0 Å². The Bertz CT molecular complexity index is 2550. The molecule has 2 heterocycles. The summed E-state index contributed by atoms with van der Waals surface area (Å²) in [5.41, 5.74) is 10.4. The lowest BCUT2D eigenvalue weighted by Crippen LogP contribution is -2.06. The van der Waals surface area contributed by atoms with E-state index in [0.717, 1.165) is 56.1 Å². The van der Waals surface area contributed by atoms with Crippen molar-refractivity contribution in [1.82, 2.24) is 19.9 Å². The summed E-state index contributed by atoms with van der Waals surface area (Å²) < 4.78 is 0. The SMILES string of the molecule is Cc1cc(/C=C(\C#N)C(CC#N)c2cc(C)c(Nc3ccnc(Nc4ccc(C#N)cc4)n3)c(C)c2)cc(C)c1Nc1ccnc(Nc2ccc(C#N)cc2)n1. The summed E-state index contributed by atoms with van der Waals surface area (Å²) in [6.45, 7) is 7.95. The van der Waals surface area contributed by atoms with Crippen molar-refractivity contribution in [3.63, 3.8) is 0 Å². The largest absolute Gasteiger partial charge is 0.340 e. The van der Waals surface area contributed by atoms with Crippen molar-refractivity contribution in [2.75, 3.05) is 21.3 Å². The Hall–Kier alpha value is -8.06. The number of hydrogen-bond donors (Lipinski definition) is 4. The lowest BCUT2D eigenvalue weighted by Gasteiger charge is -2.19. The molecule has 1 unspecified atom stereocenters. The van der Waals surface area contributed by atoms with Gasteiger partial charge in [0.2, 0.25) is 11.9 Å². The van der Waals surface area contributed by atoms with Crippen molar-refractivity contribution in [2.24, 2.45) is 0 Å². The van der Waals surface area contributed by atoms with Crippen LogP contribution in [0.5, 0.6) is 0 Å². The number of allylic oxidation sites excluding steroid dienone is 1. The summed E-state index contributed by atoms with van der Waals surface area (Å²) in [5.74, 6) is 1.55. The van der Waals surface area contributed by atoms with Crippen molar-refractivity contribution in [3.05, 3.63) is 147 Å². The molecule has 1 atom stereocenters. The van der Waals surface area contributed by atoms with Crippen molar-refractivity contribution >= 4 is 52.4 Å². The van der Waals surface area contributed by atoms with Crippen LogP contribution in [0, 0.1) is 73.0 Å². The Kier molecular flexibility index (Phi) is 11.6. The maximum Gasteiger partial charge on any atom is 0.229 e. The minimum atomic E-state index is -0.444. The Morgan fingerprint density at radius 2 is 1.05 bits per heavy atom. The van der Waals surface area contributed by atoms with Gasteiger partial charge in [0.25, 0.3) is 0 Å². The van der Waals surface area contributed by atoms with Gasteiger partial charge in [-0.1, -0.05) is 12.1 Å². The summed E-state index contributed by atoms with van der Waals surface area (Å²) >= 11 is 0. The highest BCUT2D eigenvalue weighted by molar-refractivity contribution is 5.72. The first-order chi connectivity index (χ1) is 27.2. The molecule has 0 bridgehead atoms. The second-order valence-electron chi connectivity index (χ2n) is 13.1. The van der Waals surface area contributed by atoms with Crippen LogP contribution in [0.25, 0.3) is 6.08 Å². The fraction of sp³-hybridized carbons (Fsp3) is 0.136. The summed E-state index contributed by atoms with van der Waals surface area (Å²) in [4.78, 5) is 17.9. The standard InChI is InChI=1S/C44H36N12/c1-27-19-33(20-28(2)41(27)53-39-14-17-49-43(55-39)51-36-9-5-31(24-46)6-10-36)23-35(26-48)38(13-16-45)34-21-29(3)42(30(4)22-34)54-40-15-18-50-44(56-40)52-37-11-7-32(25-47)8-12-37/h5-12,14-15,17-23,38H,13H2,1-4H3,(H2,49,51,53,55)(H2,50,52,54,56)/b35-23+. The zero-order chi connectivity index (χ0) is 39.6. The molecule has 0 aliphatic rings. The second-order valence-corrected chi connectivity index (χ2v) is 13.1. The first kappa shape index (κ1) is 37.7. The fourth-order valence-electron chi connectivity index (χ4n) is 6.31. The fourth-order valence-corrected chi connectivity index (χ4v) is 6.31. The number of aryl methyl sites for hydroxylation is 4. The summed E-state index contributed by atoms with van der Waals surface area (Å²) in [6, 6.07) is 34.5. The molecule has 0 radical (unpaired) electrons. The van der Waals surface area contributed by atoms with Gasteiger partial charge >= 0.3 is 0 Å². The van der Waals surface area contributed by atoms with E-state index in [1.165, 1.54) is 0 Å². The van der Waals surface area contributed by atoms with Gasteiger partial charge in [-0.15, -0.1) is 0 Å². The third-order valence-electron chi connectivity index (χ3n) is 8.99. The van der Waals surface area contributed by atoms with Gasteiger partial charge in [0.15, 0.2) is 0 Å². The Balaban J connectivity index is 1.20. The zero-order valence-electron chi connectivity index (χ0n) is 31.2. The van der Waals surface area contributed by atoms with Gasteiger partial charge < -0.3 is 21.3 Å². The minimum Gasteiger partial charge on any atom is -0.340 e. The van der Waals surface area contributed by atoms with Gasteiger partial charge in [-0.3, -0.25) is 0 Å². The number of aromatic nitrogens is 4. The molecular weight excluding hydrogens is 697 g/mol. The number of nitrogens with zero attached hydrogens (tertiary/aromatic N) is 8. The molecule has 272 valence electrons. The molecular formula is C44H36N12. The van der Waals surface area contributed by atoms with Gasteiger partial charge in [-0.2, -0.15) is 31.0 Å². The number of hydrogen-bond acceptors (Lipinski definition) is 12. The van der Waals surface area contributed by atoms with Gasteiger partial charge in [0.05, 0.1) is 35.4 Å². The monoisotopic (exact) mass is 732 g/mol. The van der Waals surface area contributed by atoms with E-state index in [0.29, 0.717) is 40.2 Å². The molecule has 56 heavy (non-hydrogen) atoms. The van der Waals surface area contributed by atoms with Crippen LogP contribution in [-0.4, -0.2) is 19.9 Å². The molecule has 0 aliphatic heterocycles. The second kappa shape index (κ2) is 17.2. The third-order valence-corrected chi connectivity index (χ3v) is 8.99. The lowest BCUT2D eigenvalue weighted by molar-refractivity contribution is 0.843. The highest BCUT2D eigenvalue weighted by atomic mass is 15.1. The maximum absolute atomic E-state index is 10.4. The molecule has 12 heteroatoms. The highest BCUT2D eigenvalue weighted by Crippen LogP contribution is 2.35. The van der Waals surface area contributed by atoms with Crippen LogP contribution in [0.3, 0.4) is 0 Å². The van der Waals surface area contributed by atoms with E-state index in [1.807, 2.05) is 58.0 Å². The number of nitriles is 4. The van der Waals surface area contributed by atoms with E-state index in [9.17, 15) is 10.5 Å². The van der Waals surface area contributed by atoms with Gasteiger partial charge in [-0.25, -0.2) is 9.97 Å². The first-order valence-corrected chi connectivity index (χ1v) is 17.6. The zero-order valence-corrected chi connectivity index (χ0v) is 31.2. The molecule has 2 aromatic heterocycles. The molecule has 0 saturated carbocycles. The van der Waals surface area contributed by atoms with Crippen LogP contribution in [0.15, 0.2) is 103 Å². The molecule has 4 N–H and O–H groups in total. The third kappa shape index (κ3) is 9.11. The molecule has 0 fully saturated rings. The lowest BCUT2D eigenvalue weighted by atomic mass is 9.86. The normalized spacial score (nSPS) is 11.2. The Labute approximate surface area is 325 Å². The Morgan fingerprint density at radius 1 is 0.607 bits per heavy atom. The van der Waals surface area contributed by atoms with Gasteiger partial charge in [0.1, 0.15) is 11.6 Å². The molecule has 12 nitrogen and oxygen atoms in total. The van der Waals surface area contributed by atoms with Crippen molar-refractivity contribution in [3.8, 4) is 24.3 Å². The van der Waals surface area contributed by atoms with Crippen molar-refractivity contribution in [1.29, 1.82) is 21.0 Å². The number of nitrogens with one attached hydrogen (secondary N) is 4. The van der Waals surface area contributed by atoms with E-state index in [4.69, 9.17) is 10.5 Å². The number of anilines is 8. The molecule has 0 aliphatic carbocycles. The van der Waals surface area contributed by atoms with E-state index >= 15 is 0 Å². The predicted octanol–water partition coefficient (Wildman–Crippen LogP) is 9.82. The predicted molar refractivity (Wildman–Crippen MR) is 218 cm³/mol. The van der Waals surface area contributed by atoms with Crippen LogP contribution in [0.1, 0.15) is 56.8 Å². The van der Waals surface area contributed by atoms with E-state index in [2.05, 4.69) is 65.5 Å². The van der Waals surface area contributed by atoms with E-state index in [1.54, 1.807) is 73.1 Å². The van der Waals surface area contributed by atoms with E-state index < -0.39 is 5.92 Å². The average Bonchev–Trinajstić information content (AvgIpc) is 3.20. The van der Waals surface area contributed by atoms with Crippen LogP contribution < -0.4 is 21.3 Å². The quantitative estimate of drug-likeness (QED) is 0.0871.